The second-order valence-electron chi connectivity index (χ2n) is 2.56. The zero-order valence-electron chi connectivity index (χ0n) is 7.12. The second kappa shape index (κ2) is 5.27. The van der Waals surface area contributed by atoms with Crippen LogP contribution in [0.1, 0.15) is 18.0 Å². The van der Waals surface area contributed by atoms with Crippen LogP contribution in [0.15, 0.2) is 16.8 Å². The van der Waals surface area contributed by atoms with Crippen LogP contribution in [0.2, 0.25) is 0 Å². The number of rotatable bonds is 5. The maximum atomic E-state index is 5.40. The van der Waals surface area contributed by atoms with Crippen LogP contribution in [-0.4, -0.2) is 13.7 Å². The van der Waals surface area contributed by atoms with Crippen molar-refractivity contribution >= 4 is 11.3 Å². The van der Waals surface area contributed by atoms with E-state index in [1.54, 1.807) is 18.4 Å². The van der Waals surface area contributed by atoms with Crippen LogP contribution in [0.5, 0.6) is 0 Å². The van der Waals surface area contributed by atoms with Gasteiger partial charge in [-0.05, 0) is 28.8 Å². The first-order chi connectivity index (χ1) is 5.88. The summed E-state index contributed by atoms with van der Waals surface area (Å²) in [7, 11) is 1.70. The smallest absolute Gasteiger partial charge is 0.0490 e. The molecule has 1 aromatic heterocycles. The fourth-order valence-corrected chi connectivity index (χ4v) is 1.77. The number of thiophene rings is 1. The van der Waals surface area contributed by atoms with E-state index < -0.39 is 0 Å². The first-order valence-corrected chi connectivity index (χ1v) is 4.80. The molecule has 68 valence electrons. The van der Waals surface area contributed by atoms with Crippen molar-refractivity contribution < 1.29 is 4.74 Å². The summed E-state index contributed by atoms with van der Waals surface area (Å²) in [5.41, 5.74) is 4.00. The number of ether oxygens (including phenoxy) is 1. The Kier molecular flexibility index (Phi) is 4.24. The molecule has 3 nitrogen and oxygen atoms in total. The lowest BCUT2D eigenvalue weighted by Crippen LogP contribution is -2.28. The van der Waals surface area contributed by atoms with Gasteiger partial charge in [0.15, 0.2) is 0 Å². The van der Waals surface area contributed by atoms with Crippen LogP contribution in [0, 0.1) is 0 Å². The summed E-state index contributed by atoms with van der Waals surface area (Å²) in [4.78, 5) is 0. The largest absolute Gasteiger partial charge is 0.385 e. The minimum atomic E-state index is 0.219. The summed E-state index contributed by atoms with van der Waals surface area (Å²) in [6.07, 6.45) is 0.906. The van der Waals surface area contributed by atoms with Gasteiger partial charge < -0.3 is 4.74 Å². The normalized spacial score (nSPS) is 13.2. The third-order valence-corrected chi connectivity index (χ3v) is 2.46. The Morgan fingerprint density at radius 1 is 1.75 bits per heavy atom. The zero-order valence-corrected chi connectivity index (χ0v) is 7.93. The molecule has 0 saturated heterocycles. The molecular formula is C8H14N2OS. The number of nitrogens with two attached hydrogens (primary N) is 1. The molecule has 0 aliphatic carbocycles. The highest BCUT2D eigenvalue weighted by molar-refractivity contribution is 7.07. The summed E-state index contributed by atoms with van der Waals surface area (Å²) in [6.45, 7) is 0.727. The maximum Gasteiger partial charge on any atom is 0.0490 e. The average molecular weight is 186 g/mol. The number of nitrogens with one attached hydrogen (secondary N) is 1. The molecule has 3 N–H and O–H groups in total. The fourth-order valence-electron chi connectivity index (χ4n) is 1.06. The van der Waals surface area contributed by atoms with E-state index in [9.17, 15) is 0 Å². The van der Waals surface area contributed by atoms with Crippen molar-refractivity contribution in [3.05, 3.63) is 22.4 Å². The van der Waals surface area contributed by atoms with Crippen LogP contribution < -0.4 is 11.3 Å². The number of hydrogen-bond donors (Lipinski definition) is 2. The summed E-state index contributed by atoms with van der Waals surface area (Å²) in [5, 5.41) is 4.15. The molecule has 0 saturated carbocycles. The highest BCUT2D eigenvalue weighted by Gasteiger charge is 2.08. The lowest BCUT2D eigenvalue weighted by Gasteiger charge is -2.13. The van der Waals surface area contributed by atoms with Crippen LogP contribution >= 0.6 is 11.3 Å². The van der Waals surface area contributed by atoms with Gasteiger partial charge in [0, 0.05) is 19.8 Å². The summed E-state index contributed by atoms with van der Waals surface area (Å²) in [6, 6.07) is 2.29. The van der Waals surface area contributed by atoms with Crippen molar-refractivity contribution in [1.29, 1.82) is 0 Å². The lowest BCUT2D eigenvalue weighted by atomic mass is 10.1. The number of methoxy groups -OCH3 is 1. The first kappa shape index (κ1) is 9.67. The van der Waals surface area contributed by atoms with E-state index in [-0.39, 0.29) is 6.04 Å². The van der Waals surface area contributed by atoms with Gasteiger partial charge in [0.2, 0.25) is 0 Å². The highest BCUT2D eigenvalue weighted by atomic mass is 32.1. The fraction of sp³-hybridized carbons (Fsp3) is 0.500. The molecule has 0 aliphatic heterocycles. The molecule has 0 spiro atoms. The van der Waals surface area contributed by atoms with Gasteiger partial charge in [-0.25, -0.2) is 0 Å². The standard InChI is InChI=1S/C8H14N2OS/c1-11-4-2-8(10-9)7-3-5-12-6-7/h3,5-6,8,10H,2,4,9H2,1H3. The molecule has 12 heavy (non-hydrogen) atoms. The summed E-state index contributed by atoms with van der Waals surface area (Å²) in [5.74, 6) is 5.40. The minimum Gasteiger partial charge on any atom is -0.385 e. The monoisotopic (exact) mass is 186 g/mol. The van der Waals surface area contributed by atoms with Crippen molar-refractivity contribution in [2.75, 3.05) is 13.7 Å². The predicted molar refractivity (Wildman–Crippen MR) is 50.9 cm³/mol. The van der Waals surface area contributed by atoms with E-state index in [0.29, 0.717) is 0 Å². The van der Waals surface area contributed by atoms with Gasteiger partial charge in [0.1, 0.15) is 0 Å². The van der Waals surface area contributed by atoms with E-state index in [2.05, 4.69) is 16.9 Å². The quantitative estimate of drug-likeness (QED) is 0.538. The molecule has 0 fully saturated rings. The second-order valence-corrected chi connectivity index (χ2v) is 3.34. The van der Waals surface area contributed by atoms with Gasteiger partial charge in [0.05, 0.1) is 0 Å². The third-order valence-electron chi connectivity index (χ3n) is 1.76. The molecule has 4 heteroatoms. The Bertz CT molecular complexity index is 201. The third kappa shape index (κ3) is 2.57. The van der Waals surface area contributed by atoms with Gasteiger partial charge in [-0.15, -0.1) is 0 Å². The molecule has 1 heterocycles. The van der Waals surface area contributed by atoms with Crippen LogP contribution in [0.25, 0.3) is 0 Å². The van der Waals surface area contributed by atoms with Crippen molar-refractivity contribution in [2.45, 2.75) is 12.5 Å². The van der Waals surface area contributed by atoms with Crippen LogP contribution in [0.3, 0.4) is 0 Å². The molecule has 0 aromatic carbocycles. The summed E-state index contributed by atoms with van der Waals surface area (Å²) < 4.78 is 4.98. The molecule has 1 aromatic rings. The average Bonchev–Trinajstić information content (AvgIpc) is 2.59. The molecule has 0 radical (unpaired) electrons. The molecule has 0 bridgehead atoms. The first-order valence-electron chi connectivity index (χ1n) is 3.85. The summed E-state index contributed by atoms with van der Waals surface area (Å²) >= 11 is 1.68. The SMILES string of the molecule is COCCC(NN)c1ccsc1. The van der Waals surface area contributed by atoms with E-state index in [0.717, 1.165) is 13.0 Å². The zero-order chi connectivity index (χ0) is 8.81. The lowest BCUT2D eigenvalue weighted by molar-refractivity contribution is 0.183. The highest BCUT2D eigenvalue weighted by Crippen LogP contribution is 2.18. The Hall–Kier alpha value is -0.420. The Labute approximate surface area is 76.5 Å². The Morgan fingerprint density at radius 2 is 2.58 bits per heavy atom. The van der Waals surface area contributed by atoms with Gasteiger partial charge >= 0.3 is 0 Å². The van der Waals surface area contributed by atoms with E-state index in [1.165, 1.54) is 5.56 Å². The molecule has 1 unspecified atom stereocenters. The van der Waals surface area contributed by atoms with Gasteiger partial charge in [-0.1, -0.05) is 0 Å². The van der Waals surface area contributed by atoms with Crippen molar-refractivity contribution in [1.82, 2.24) is 5.43 Å². The maximum absolute atomic E-state index is 5.40. The van der Waals surface area contributed by atoms with Crippen LogP contribution in [0.4, 0.5) is 0 Å². The van der Waals surface area contributed by atoms with E-state index >= 15 is 0 Å². The minimum absolute atomic E-state index is 0.219. The van der Waals surface area contributed by atoms with E-state index in [4.69, 9.17) is 10.6 Å². The Morgan fingerprint density at radius 3 is 3.08 bits per heavy atom. The molecule has 0 aliphatic rings. The molecular weight excluding hydrogens is 172 g/mol. The molecule has 1 atom stereocenters. The topological polar surface area (TPSA) is 47.3 Å². The molecule has 0 amide bonds. The Balaban J connectivity index is 2.45. The van der Waals surface area contributed by atoms with Gasteiger partial charge in [-0.2, -0.15) is 11.3 Å². The van der Waals surface area contributed by atoms with Gasteiger partial charge in [-0.3, -0.25) is 11.3 Å². The number of hydrazine groups is 1. The molecule has 1 rings (SSSR count). The van der Waals surface area contributed by atoms with E-state index in [1.807, 2.05) is 5.38 Å². The van der Waals surface area contributed by atoms with Crippen molar-refractivity contribution in [3.8, 4) is 0 Å². The number of hydrogen-bond acceptors (Lipinski definition) is 4. The van der Waals surface area contributed by atoms with Gasteiger partial charge in [0.25, 0.3) is 0 Å². The van der Waals surface area contributed by atoms with Crippen LogP contribution in [-0.2, 0) is 4.74 Å². The van der Waals surface area contributed by atoms with Crippen molar-refractivity contribution in [2.24, 2.45) is 5.84 Å². The predicted octanol–water partition coefficient (Wildman–Crippen LogP) is 1.29. The van der Waals surface area contributed by atoms with Crippen molar-refractivity contribution in [3.63, 3.8) is 0 Å².